The third-order valence-corrected chi connectivity index (χ3v) is 3.19. The smallest absolute Gasteiger partial charge is 0.439 e. The van der Waals surface area contributed by atoms with E-state index in [0.29, 0.717) is 0 Å². The number of ether oxygens (including phenoxy) is 3. The van der Waals surface area contributed by atoms with Crippen molar-refractivity contribution in [2.45, 2.75) is 21.0 Å². The molecule has 7 nitrogen and oxygen atoms in total. The van der Waals surface area contributed by atoms with Crippen molar-refractivity contribution in [3.8, 4) is 0 Å². The summed E-state index contributed by atoms with van der Waals surface area (Å²) in [5.41, 5.74) is 0. The molecule has 1 amide bonds. The van der Waals surface area contributed by atoms with E-state index < -0.39 is 39.3 Å². The molecular weight excluding hydrogens is 401 g/mol. The second-order valence-electron chi connectivity index (χ2n) is 4.14. The van der Waals surface area contributed by atoms with Gasteiger partial charge in [0.05, 0.1) is 12.5 Å². The quantitative estimate of drug-likeness (QED) is 0.202. The summed E-state index contributed by atoms with van der Waals surface area (Å²) >= 11 is 23.7. The van der Waals surface area contributed by atoms with Crippen molar-refractivity contribution >= 4 is 78.1 Å². The Morgan fingerprint density at radius 3 is 2.41 bits per heavy atom. The van der Waals surface area contributed by atoms with Crippen LogP contribution in [0.3, 0.4) is 0 Å². The Bertz CT molecular complexity index is 445. The number of amides is 1. The molecule has 0 bridgehead atoms. The van der Waals surface area contributed by atoms with E-state index in [-0.39, 0.29) is 18.9 Å². The maximum atomic E-state index is 11.4. The van der Waals surface area contributed by atoms with Gasteiger partial charge in [0.15, 0.2) is 6.23 Å². The molecule has 0 unspecified atom stereocenters. The Labute approximate surface area is 152 Å². The lowest BCUT2D eigenvalue weighted by molar-refractivity contribution is -0.168. The zero-order valence-electron chi connectivity index (χ0n) is 10.8. The molecule has 0 spiro atoms. The Morgan fingerprint density at radius 2 is 1.91 bits per heavy atom. The van der Waals surface area contributed by atoms with Crippen molar-refractivity contribution in [1.29, 1.82) is 0 Å². The lowest BCUT2D eigenvalue weighted by Crippen LogP contribution is -2.60. The normalized spacial score (nSPS) is 20.9. The predicted octanol–water partition coefficient (Wildman–Crippen LogP) is 1.70. The molecule has 1 aliphatic rings. The first-order valence-electron chi connectivity index (χ1n) is 5.83. The van der Waals surface area contributed by atoms with Crippen molar-refractivity contribution < 1.29 is 28.6 Å². The van der Waals surface area contributed by atoms with Gasteiger partial charge in [0.25, 0.3) is 0 Å². The highest BCUT2D eigenvalue weighted by Crippen LogP contribution is 2.26. The summed E-state index contributed by atoms with van der Waals surface area (Å²) in [6.07, 6.45) is -1.70. The fourth-order valence-corrected chi connectivity index (χ4v) is 1.71. The van der Waals surface area contributed by atoms with Gasteiger partial charge in [0.1, 0.15) is 11.2 Å². The lowest BCUT2D eigenvalue weighted by atomic mass is 9.96. The maximum absolute atomic E-state index is 11.4. The largest absolute Gasteiger partial charge is 0.508 e. The van der Waals surface area contributed by atoms with Gasteiger partial charge in [-0.05, 0) is 6.42 Å². The van der Waals surface area contributed by atoms with Gasteiger partial charge in [-0.1, -0.05) is 34.8 Å². The molecule has 0 radical (unpaired) electrons. The monoisotopic (exact) mass is 411 g/mol. The Balaban J connectivity index is 2.27. The number of β-lactam (4-membered cyclic amide) rings is 1. The highest BCUT2D eigenvalue weighted by molar-refractivity contribution is 8.00. The molecule has 126 valence electrons. The molecule has 12 heteroatoms. The molecule has 0 aromatic heterocycles. The van der Waals surface area contributed by atoms with Crippen LogP contribution in [0.2, 0.25) is 0 Å². The zero-order valence-corrected chi connectivity index (χ0v) is 14.9. The number of carbonyl (C=O) groups is 3. The number of hydrogen-bond acceptors (Lipinski definition) is 8. The predicted molar refractivity (Wildman–Crippen MR) is 85.5 cm³/mol. The molecule has 1 N–H and O–H groups in total. The third kappa shape index (κ3) is 6.91. The van der Waals surface area contributed by atoms with Gasteiger partial charge >= 0.3 is 12.1 Å². The molecule has 1 saturated heterocycles. The SMILES string of the molecule is O=C(OCC[C@H]1C(=O)N[C@@H]1OC(=O)C(S)S)OCC(Cl)(Cl)Cl. The van der Waals surface area contributed by atoms with E-state index in [1.54, 1.807) is 0 Å². The third-order valence-electron chi connectivity index (χ3n) is 2.44. The van der Waals surface area contributed by atoms with Gasteiger partial charge in [0.2, 0.25) is 9.70 Å². The minimum Gasteiger partial charge on any atom is -0.439 e. The van der Waals surface area contributed by atoms with Crippen LogP contribution >= 0.6 is 60.1 Å². The van der Waals surface area contributed by atoms with Gasteiger partial charge < -0.3 is 19.5 Å². The van der Waals surface area contributed by atoms with Crippen molar-refractivity contribution in [3.63, 3.8) is 0 Å². The number of halogens is 3. The Hall–Kier alpha value is -0.220. The first-order valence-corrected chi connectivity index (χ1v) is 8.00. The average molecular weight is 413 g/mol. The Morgan fingerprint density at radius 1 is 1.27 bits per heavy atom. The van der Waals surface area contributed by atoms with Crippen LogP contribution in [0.1, 0.15) is 6.42 Å². The molecular formula is C10H12Cl3NO6S2. The van der Waals surface area contributed by atoms with Crippen molar-refractivity contribution in [1.82, 2.24) is 5.32 Å². The molecule has 0 aromatic rings. The molecule has 22 heavy (non-hydrogen) atoms. The number of alkyl halides is 3. The minimum atomic E-state index is -1.73. The van der Waals surface area contributed by atoms with Crippen LogP contribution < -0.4 is 5.32 Å². The number of carbonyl (C=O) groups excluding carboxylic acids is 3. The number of esters is 1. The summed E-state index contributed by atoms with van der Waals surface area (Å²) in [6, 6.07) is 0. The van der Waals surface area contributed by atoms with Crippen LogP contribution in [0.25, 0.3) is 0 Å². The second kappa shape index (κ2) is 8.58. The number of hydrogen-bond donors (Lipinski definition) is 3. The van der Waals surface area contributed by atoms with Crippen LogP contribution in [0.4, 0.5) is 4.79 Å². The first-order chi connectivity index (χ1) is 10.1. The Kier molecular flexibility index (Phi) is 7.73. The highest BCUT2D eigenvalue weighted by atomic mass is 35.6. The summed E-state index contributed by atoms with van der Waals surface area (Å²) in [4.78, 5) is 33.8. The van der Waals surface area contributed by atoms with Gasteiger partial charge in [-0.15, -0.1) is 0 Å². The van der Waals surface area contributed by atoms with E-state index in [9.17, 15) is 14.4 Å². The van der Waals surface area contributed by atoms with Crippen LogP contribution in [-0.2, 0) is 23.8 Å². The van der Waals surface area contributed by atoms with E-state index in [2.05, 4.69) is 35.3 Å². The summed E-state index contributed by atoms with van der Waals surface area (Å²) in [5.74, 6) is -1.65. The van der Waals surface area contributed by atoms with E-state index >= 15 is 0 Å². The molecule has 0 aliphatic carbocycles. The summed E-state index contributed by atoms with van der Waals surface area (Å²) in [6.45, 7) is -0.595. The average Bonchev–Trinajstić information content (AvgIpc) is 2.39. The van der Waals surface area contributed by atoms with Crippen molar-refractivity contribution in [2.24, 2.45) is 5.92 Å². The molecule has 2 atom stereocenters. The standard InChI is InChI=1S/C10H12Cl3NO6S2/c11-10(12,13)3-19-9(17)18-2-1-4-5(15)14-6(4)20-7(16)8(21)22/h4,6,8,21-22H,1-3H2,(H,14,15)/t4-,6+/m0/s1. The molecule has 1 fully saturated rings. The lowest BCUT2D eigenvalue weighted by Gasteiger charge is -2.35. The van der Waals surface area contributed by atoms with E-state index in [0.717, 1.165) is 0 Å². The van der Waals surface area contributed by atoms with Crippen LogP contribution in [0.5, 0.6) is 0 Å². The minimum absolute atomic E-state index is 0.129. The van der Waals surface area contributed by atoms with Gasteiger partial charge in [-0.3, -0.25) is 4.79 Å². The summed E-state index contributed by atoms with van der Waals surface area (Å²) < 4.78 is 11.5. The highest BCUT2D eigenvalue weighted by Gasteiger charge is 2.42. The summed E-state index contributed by atoms with van der Waals surface area (Å²) in [5, 5.41) is 2.39. The fraction of sp³-hybridized carbons (Fsp3) is 0.700. The second-order valence-corrected chi connectivity index (χ2v) is 8.09. The van der Waals surface area contributed by atoms with E-state index in [1.165, 1.54) is 0 Å². The van der Waals surface area contributed by atoms with Gasteiger partial charge in [-0.25, -0.2) is 9.59 Å². The molecule has 1 heterocycles. The molecule has 0 aromatic carbocycles. The zero-order chi connectivity index (χ0) is 16.9. The van der Waals surface area contributed by atoms with Crippen molar-refractivity contribution in [3.05, 3.63) is 0 Å². The van der Waals surface area contributed by atoms with Gasteiger partial charge in [-0.2, -0.15) is 25.3 Å². The van der Waals surface area contributed by atoms with Crippen molar-refractivity contribution in [2.75, 3.05) is 13.2 Å². The molecule has 0 saturated carbocycles. The van der Waals surface area contributed by atoms with E-state index in [1.807, 2.05) is 0 Å². The maximum Gasteiger partial charge on any atom is 0.508 e. The summed E-state index contributed by atoms with van der Waals surface area (Å²) in [7, 11) is 0. The first kappa shape index (κ1) is 19.8. The number of thiol groups is 2. The van der Waals surface area contributed by atoms with Crippen LogP contribution in [0.15, 0.2) is 0 Å². The molecule has 1 aliphatic heterocycles. The van der Waals surface area contributed by atoms with Crippen LogP contribution in [0, 0.1) is 5.92 Å². The van der Waals surface area contributed by atoms with E-state index in [4.69, 9.17) is 44.3 Å². The number of nitrogens with one attached hydrogen (secondary N) is 1. The molecule has 1 rings (SSSR count). The topological polar surface area (TPSA) is 90.9 Å². The van der Waals surface area contributed by atoms with Gasteiger partial charge in [0, 0.05) is 0 Å². The van der Waals surface area contributed by atoms with Crippen LogP contribution in [-0.4, -0.2) is 45.8 Å². The number of rotatable bonds is 6. The fourth-order valence-electron chi connectivity index (χ4n) is 1.42.